The highest BCUT2D eigenvalue weighted by Gasteiger charge is 2.70. The molecule has 4 aromatic heterocycles. The Labute approximate surface area is 309 Å². The van der Waals surface area contributed by atoms with Gasteiger partial charge in [-0.15, -0.1) is 0 Å². The van der Waals surface area contributed by atoms with Crippen LogP contribution < -0.4 is 14.9 Å². The van der Waals surface area contributed by atoms with E-state index in [0.717, 1.165) is 11.8 Å². The minimum Gasteiger partial charge on any atom is -0.378 e. The van der Waals surface area contributed by atoms with E-state index in [0.29, 0.717) is 75.9 Å². The first-order chi connectivity index (χ1) is 25.9. The van der Waals surface area contributed by atoms with Crippen molar-refractivity contribution in [3.63, 3.8) is 0 Å². The standard InChI is InChI=1S/C36H32F6N8O4S/c1-21-3-10-30(47-33(21)49-13-15-54-16-14-49)48-55(52,53)25-6-4-24(5-7-25)46-31-17-27-23(18-44-31)11-12-43-32(27)26-8-9-29-28(22(26)2)19-45-50(29)20-34(51,35(37,38)39)36(40,41)42/h3-12,17-19,51H,13-16,20H2,1-2H3,(H,44,46)(H,47,48). The number of aryl methyl sites for hydroxylation is 2. The van der Waals surface area contributed by atoms with Crippen LogP contribution in [0.2, 0.25) is 0 Å². The molecule has 2 aromatic carbocycles. The largest absolute Gasteiger partial charge is 0.428 e. The van der Waals surface area contributed by atoms with E-state index in [1.807, 2.05) is 11.8 Å². The molecule has 0 radical (unpaired) electrons. The van der Waals surface area contributed by atoms with Gasteiger partial charge in [-0.05, 0) is 73.5 Å². The third-order valence-corrected chi connectivity index (χ3v) is 10.7. The highest BCUT2D eigenvalue weighted by atomic mass is 32.2. The summed E-state index contributed by atoms with van der Waals surface area (Å²) in [4.78, 5) is 15.6. The minimum absolute atomic E-state index is 0.00184. The number of ether oxygens (including phenoxy) is 1. The maximum Gasteiger partial charge on any atom is 0.428 e. The van der Waals surface area contributed by atoms with Crippen molar-refractivity contribution < 1.29 is 44.6 Å². The summed E-state index contributed by atoms with van der Waals surface area (Å²) in [6.45, 7) is 4.04. The number of nitrogens with one attached hydrogen (secondary N) is 2. The van der Waals surface area contributed by atoms with Gasteiger partial charge in [0.1, 0.15) is 17.5 Å². The van der Waals surface area contributed by atoms with Crippen molar-refractivity contribution in [1.82, 2.24) is 24.7 Å². The van der Waals surface area contributed by atoms with Crippen LogP contribution in [0.15, 0.2) is 84.1 Å². The van der Waals surface area contributed by atoms with Gasteiger partial charge in [0.05, 0.1) is 42.1 Å². The number of pyridine rings is 3. The Morgan fingerprint density at radius 2 is 1.56 bits per heavy atom. The van der Waals surface area contributed by atoms with Crippen molar-refractivity contribution in [2.24, 2.45) is 0 Å². The predicted molar refractivity (Wildman–Crippen MR) is 193 cm³/mol. The molecule has 7 rings (SSSR count). The topological polar surface area (TPSA) is 147 Å². The average molecular weight is 787 g/mol. The predicted octanol–water partition coefficient (Wildman–Crippen LogP) is 6.90. The van der Waals surface area contributed by atoms with Crippen LogP contribution in [-0.2, 0) is 21.3 Å². The van der Waals surface area contributed by atoms with Gasteiger partial charge in [0.25, 0.3) is 15.6 Å². The lowest BCUT2D eigenvalue weighted by Crippen LogP contribution is -2.59. The fraction of sp³-hybridized carbons (Fsp3) is 0.278. The van der Waals surface area contributed by atoms with Crippen LogP contribution in [0.3, 0.4) is 0 Å². The van der Waals surface area contributed by atoms with Crippen LogP contribution in [0.4, 0.5) is 49.5 Å². The summed E-state index contributed by atoms with van der Waals surface area (Å²) in [6, 6.07) is 15.7. The molecule has 0 aliphatic carbocycles. The van der Waals surface area contributed by atoms with E-state index < -0.39 is 34.5 Å². The number of benzene rings is 2. The van der Waals surface area contributed by atoms with Crippen LogP contribution in [0.1, 0.15) is 11.1 Å². The molecule has 19 heteroatoms. The van der Waals surface area contributed by atoms with Gasteiger partial charge in [-0.3, -0.25) is 14.4 Å². The molecule has 55 heavy (non-hydrogen) atoms. The second kappa shape index (κ2) is 14.0. The molecule has 0 saturated carbocycles. The number of hydrogen-bond donors (Lipinski definition) is 3. The summed E-state index contributed by atoms with van der Waals surface area (Å²) >= 11 is 0. The Balaban J connectivity index is 1.12. The first-order valence-electron chi connectivity index (χ1n) is 16.7. The number of hydrogen-bond acceptors (Lipinski definition) is 10. The Bertz CT molecular complexity index is 2490. The van der Waals surface area contributed by atoms with Gasteiger partial charge < -0.3 is 20.1 Å². The molecule has 0 bridgehead atoms. The van der Waals surface area contributed by atoms with E-state index in [1.54, 1.807) is 49.5 Å². The van der Waals surface area contributed by atoms with Crippen LogP contribution in [0.25, 0.3) is 32.9 Å². The van der Waals surface area contributed by atoms with Crippen LogP contribution >= 0.6 is 0 Å². The summed E-state index contributed by atoms with van der Waals surface area (Å²) in [6.07, 6.45) is -7.74. The zero-order valence-electron chi connectivity index (χ0n) is 29.1. The molecule has 6 aromatic rings. The zero-order valence-corrected chi connectivity index (χ0v) is 29.9. The molecule has 1 aliphatic rings. The normalized spacial score (nSPS) is 14.5. The molecule has 12 nitrogen and oxygen atoms in total. The third kappa shape index (κ3) is 7.21. The number of morpholine rings is 1. The van der Waals surface area contributed by atoms with E-state index in [-0.39, 0.29) is 21.6 Å². The molecule has 0 atom stereocenters. The SMILES string of the molecule is Cc1ccc(NS(=O)(=O)c2ccc(Nc3cc4c(-c5ccc6c(cnn6CC(O)(C(F)(F)F)C(F)(F)F)c5C)nccc4cn3)cc2)nc1N1CCOCC1. The summed E-state index contributed by atoms with van der Waals surface area (Å²) in [5.74, 6) is 1.23. The quantitative estimate of drug-likeness (QED) is 0.132. The van der Waals surface area contributed by atoms with Gasteiger partial charge >= 0.3 is 12.4 Å². The highest BCUT2D eigenvalue weighted by Crippen LogP contribution is 2.45. The van der Waals surface area contributed by atoms with Crippen molar-refractivity contribution in [1.29, 1.82) is 0 Å². The van der Waals surface area contributed by atoms with E-state index in [1.165, 1.54) is 30.5 Å². The van der Waals surface area contributed by atoms with Gasteiger partial charge in [0.15, 0.2) is 0 Å². The second-order valence-corrected chi connectivity index (χ2v) is 14.7. The first-order valence-corrected chi connectivity index (χ1v) is 18.2. The Morgan fingerprint density at radius 3 is 2.25 bits per heavy atom. The van der Waals surface area contributed by atoms with E-state index >= 15 is 0 Å². The van der Waals surface area contributed by atoms with E-state index in [2.05, 4.69) is 30.1 Å². The molecule has 3 N–H and O–H groups in total. The van der Waals surface area contributed by atoms with Crippen LogP contribution in [0.5, 0.6) is 0 Å². The van der Waals surface area contributed by atoms with Gasteiger partial charge in [-0.1, -0.05) is 12.1 Å². The second-order valence-electron chi connectivity index (χ2n) is 13.0. The van der Waals surface area contributed by atoms with Gasteiger partial charge in [-0.2, -0.15) is 31.4 Å². The van der Waals surface area contributed by atoms with Crippen molar-refractivity contribution in [2.75, 3.05) is 41.2 Å². The number of alkyl halides is 6. The fourth-order valence-electron chi connectivity index (χ4n) is 6.31. The van der Waals surface area contributed by atoms with Gasteiger partial charge in [0, 0.05) is 52.9 Å². The van der Waals surface area contributed by atoms with Crippen LogP contribution in [-0.4, -0.2) is 82.5 Å². The molecule has 1 fully saturated rings. The molecular weight excluding hydrogens is 755 g/mol. The summed E-state index contributed by atoms with van der Waals surface area (Å²) in [5.41, 5.74) is -2.19. The lowest BCUT2D eigenvalue weighted by molar-refractivity contribution is -0.372. The van der Waals surface area contributed by atoms with E-state index in [9.17, 15) is 39.9 Å². The van der Waals surface area contributed by atoms with Crippen molar-refractivity contribution in [3.05, 3.63) is 90.4 Å². The Kier molecular flexibility index (Phi) is 9.58. The number of anilines is 4. The lowest BCUT2D eigenvalue weighted by atomic mass is 9.98. The van der Waals surface area contributed by atoms with Crippen molar-refractivity contribution >= 4 is 54.8 Å². The van der Waals surface area contributed by atoms with Gasteiger partial charge in [0.2, 0.25) is 0 Å². The summed E-state index contributed by atoms with van der Waals surface area (Å²) in [7, 11) is -3.99. The number of aromatic nitrogens is 5. The lowest BCUT2D eigenvalue weighted by Gasteiger charge is -2.32. The average Bonchev–Trinajstić information content (AvgIpc) is 3.55. The van der Waals surface area contributed by atoms with Crippen molar-refractivity contribution in [2.45, 2.75) is 43.2 Å². The number of sulfonamides is 1. The number of rotatable bonds is 9. The molecule has 0 spiro atoms. The Hall–Kier alpha value is -5.53. The molecule has 5 heterocycles. The smallest absolute Gasteiger partial charge is 0.378 e. The third-order valence-electron chi connectivity index (χ3n) is 9.37. The molecule has 0 amide bonds. The highest BCUT2D eigenvalue weighted by molar-refractivity contribution is 7.92. The van der Waals surface area contributed by atoms with Crippen molar-refractivity contribution in [3.8, 4) is 11.3 Å². The molecular formula is C36H32F6N8O4S. The van der Waals surface area contributed by atoms with Crippen LogP contribution in [0, 0.1) is 13.8 Å². The molecule has 1 aliphatic heterocycles. The molecule has 0 unspecified atom stereocenters. The summed E-state index contributed by atoms with van der Waals surface area (Å²) < 4.78 is 116. The number of nitrogens with zero attached hydrogens (tertiary/aromatic N) is 6. The minimum atomic E-state index is -6.00. The number of aliphatic hydroxyl groups is 1. The maximum atomic E-state index is 13.4. The fourth-order valence-corrected chi connectivity index (χ4v) is 7.31. The Morgan fingerprint density at radius 1 is 0.855 bits per heavy atom. The number of fused-ring (bicyclic) bond motifs is 2. The first kappa shape index (κ1) is 37.8. The summed E-state index contributed by atoms with van der Waals surface area (Å²) in [5, 5.41) is 18.2. The zero-order chi connectivity index (χ0) is 39.3. The molecule has 288 valence electrons. The monoisotopic (exact) mass is 786 g/mol. The maximum absolute atomic E-state index is 13.4. The molecule has 1 saturated heterocycles. The van der Waals surface area contributed by atoms with Gasteiger partial charge in [-0.25, -0.2) is 18.4 Å². The van der Waals surface area contributed by atoms with E-state index in [4.69, 9.17) is 4.74 Å². The number of halogens is 6.